The molecule has 4 N–H and O–H groups in total. The third-order valence-corrected chi connectivity index (χ3v) is 5.14. The summed E-state index contributed by atoms with van der Waals surface area (Å²) < 4.78 is 5.33. The van der Waals surface area contributed by atoms with Gasteiger partial charge in [0.05, 0.1) is 13.2 Å². The van der Waals surface area contributed by atoms with E-state index in [4.69, 9.17) is 16.2 Å². The van der Waals surface area contributed by atoms with Crippen LogP contribution in [0.1, 0.15) is 16.1 Å². The van der Waals surface area contributed by atoms with Crippen LogP contribution in [-0.2, 0) is 4.74 Å². The minimum Gasteiger partial charge on any atom is -0.382 e. The molecular weight excluding hydrogens is 290 g/mol. The van der Waals surface area contributed by atoms with Crippen molar-refractivity contribution < 1.29 is 9.53 Å². The lowest BCUT2D eigenvalue weighted by Crippen LogP contribution is -2.36. The van der Waals surface area contributed by atoms with Gasteiger partial charge in [-0.2, -0.15) is 0 Å². The normalized spacial score (nSPS) is 22.8. The molecule has 2 fully saturated rings. The minimum absolute atomic E-state index is 0.0135. The molecule has 0 radical (unpaired) electrons. The molecule has 2 aliphatic heterocycles. The van der Waals surface area contributed by atoms with Gasteiger partial charge < -0.3 is 26.0 Å². The van der Waals surface area contributed by atoms with E-state index in [-0.39, 0.29) is 5.91 Å². The molecule has 0 spiro atoms. The Morgan fingerprint density at radius 2 is 2.14 bits per heavy atom. The van der Waals surface area contributed by atoms with Gasteiger partial charge in [-0.15, -0.1) is 0 Å². The highest BCUT2D eigenvalue weighted by Crippen LogP contribution is 2.31. The predicted molar refractivity (Wildman–Crippen MR) is 82.6 cm³/mol. The number of nitrogens with two attached hydrogens (primary N) is 2. The Morgan fingerprint density at radius 1 is 1.38 bits per heavy atom. The Hall–Kier alpha value is -1.38. The number of likely N-dealkylation sites (tertiary alicyclic amines) is 1. The molecule has 0 aromatic carbocycles. The number of nitrogen functional groups attached to an aromatic ring is 1. The zero-order chi connectivity index (χ0) is 14.8. The lowest BCUT2D eigenvalue weighted by molar-refractivity contribution is 0.0793. The van der Waals surface area contributed by atoms with E-state index >= 15 is 0 Å². The summed E-state index contributed by atoms with van der Waals surface area (Å²) >= 11 is 1.38. The molecule has 3 heterocycles. The van der Waals surface area contributed by atoms with Crippen LogP contribution < -0.4 is 16.4 Å². The van der Waals surface area contributed by atoms with E-state index in [1.165, 1.54) is 11.3 Å². The van der Waals surface area contributed by atoms with Gasteiger partial charge >= 0.3 is 0 Å². The number of hydrogen-bond donors (Lipinski definition) is 2. The first kappa shape index (κ1) is 14.6. The summed E-state index contributed by atoms with van der Waals surface area (Å²) in [5, 5.41) is 0.814. The quantitative estimate of drug-likeness (QED) is 0.814. The zero-order valence-corrected chi connectivity index (χ0v) is 12.8. The van der Waals surface area contributed by atoms with Gasteiger partial charge in [0.15, 0.2) is 5.13 Å². The van der Waals surface area contributed by atoms with Crippen molar-refractivity contribution in [1.82, 2.24) is 9.88 Å². The fraction of sp³-hybridized carbons (Fsp3) is 0.692. The highest BCUT2D eigenvalue weighted by molar-refractivity contribution is 7.18. The van der Waals surface area contributed by atoms with Crippen molar-refractivity contribution in [3.8, 4) is 0 Å². The molecule has 1 aromatic rings. The molecule has 1 atom stereocenters. The van der Waals surface area contributed by atoms with Crippen LogP contribution in [0, 0.1) is 5.92 Å². The van der Waals surface area contributed by atoms with Crippen LogP contribution in [0.15, 0.2) is 0 Å². The van der Waals surface area contributed by atoms with Gasteiger partial charge in [0, 0.05) is 26.2 Å². The molecule has 7 nitrogen and oxygen atoms in total. The van der Waals surface area contributed by atoms with Crippen LogP contribution in [-0.4, -0.2) is 61.7 Å². The minimum atomic E-state index is -0.0135. The predicted octanol–water partition coefficient (Wildman–Crippen LogP) is -0.0173. The van der Waals surface area contributed by atoms with Crippen molar-refractivity contribution in [3.63, 3.8) is 0 Å². The number of thiazole rings is 1. The maximum absolute atomic E-state index is 12.6. The Labute approximate surface area is 127 Å². The molecule has 1 unspecified atom stereocenters. The average molecular weight is 311 g/mol. The number of rotatable bonds is 3. The van der Waals surface area contributed by atoms with Gasteiger partial charge in [0.25, 0.3) is 5.91 Å². The maximum Gasteiger partial charge on any atom is 0.267 e. The number of aromatic nitrogens is 1. The van der Waals surface area contributed by atoms with Gasteiger partial charge in [0.1, 0.15) is 10.7 Å². The Kier molecular flexibility index (Phi) is 4.27. The second-order valence-electron chi connectivity index (χ2n) is 5.45. The first-order chi connectivity index (χ1) is 10.2. The lowest BCUT2D eigenvalue weighted by atomic mass is 10.1. The first-order valence-corrected chi connectivity index (χ1v) is 8.09. The summed E-state index contributed by atoms with van der Waals surface area (Å²) in [5.74, 6) is 0.727. The van der Waals surface area contributed by atoms with Crippen LogP contribution in [0.2, 0.25) is 0 Å². The first-order valence-electron chi connectivity index (χ1n) is 7.27. The number of ether oxygens (including phenoxy) is 1. The molecule has 0 aliphatic carbocycles. The number of nitrogens with zero attached hydrogens (tertiary/aromatic N) is 3. The van der Waals surface area contributed by atoms with Crippen LogP contribution in [0.25, 0.3) is 0 Å². The Bertz CT molecular complexity index is 515. The van der Waals surface area contributed by atoms with Gasteiger partial charge in [-0.1, -0.05) is 11.3 Å². The van der Waals surface area contributed by atoms with E-state index in [0.29, 0.717) is 36.4 Å². The number of anilines is 2. The Morgan fingerprint density at radius 3 is 2.81 bits per heavy atom. The van der Waals surface area contributed by atoms with E-state index in [9.17, 15) is 4.79 Å². The zero-order valence-electron chi connectivity index (χ0n) is 12.0. The molecule has 0 saturated carbocycles. The summed E-state index contributed by atoms with van der Waals surface area (Å²) in [4.78, 5) is 21.4. The standard InChI is InChI=1S/C13H21N5O2S/c14-7-9-1-2-18(8-9)12(19)10-11(15)16-13(21-10)17-3-5-20-6-4-17/h9H,1-8,14-15H2. The van der Waals surface area contributed by atoms with Crippen molar-refractivity contribution in [2.24, 2.45) is 11.7 Å². The second-order valence-corrected chi connectivity index (χ2v) is 6.43. The number of amides is 1. The van der Waals surface area contributed by atoms with Crippen molar-refractivity contribution in [2.45, 2.75) is 6.42 Å². The molecular formula is C13H21N5O2S. The SMILES string of the molecule is NCC1CCN(C(=O)c2sc(N3CCOCC3)nc2N)C1. The lowest BCUT2D eigenvalue weighted by Gasteiger charge is -2.25. The van der Waals surface area contributed by atoms with E-state index in [0.717, 1.165) is 37.7 Å². The number of carbonyl (C=O) groups excluding carboxylic acids is 1. The summed E-state index contributed by atoms with van der Waals surface area (Å²) in [6.45, 7) is 5.06. The van der Waals surface area contributed by atoms with Crippen molar-refractivity contribution in [2.75, 3.05) is 56.6 Å². The van der Waals surface area contributed by atoms with Crippen LogP contribution >= 0.6 is 11.3 Å². The van der Waals surface area contributed by atoms with Crippen LogP contribution in [0.4, 0.5) is 10.9 Å². The van der Waals surface area contributed by atoms with Gasteiger partial charge in [-0.3, -0.25) is 4.79 Å². The highest BCUT2D eigenvalue weighted by Gasteiger charge is 2.29. The highest BCUT2D eigenvalue weighted by atomic mass is 32.1. The van der Waals surface area contributed by atoms with Crippen LogP contribution in [0.3, 0.4) is 0 Å². The average Bonchev–Trinajstić information content (AvgIpc) is 3.14. The number of carbonyl (C=O) groups is 1. The van der Waals surface area contributed by atoms with E-state index in [1.807, 2.05) is 4.90 Å². The summed E-state index contributed by atoms with van der Waals surface area (Å²) in [6, 6.07) is 0. The van der Waals surface area contributed by atoms with Gasteiger partial charge in [-0.05, 0) is 18.9 Å². The summed E-state index contributed by atoms with van der Waals surface area (Å²) in [7, 11) is 0. The third kappa shape index (κ3) is 2.97. The summed E-state index contributed by atoms with van der Waals surface area (Å²) in [5.41, 5.74) is 11.6. The fourth-order valence-electron chi connectivity index (χ4n) is 2.72. The summed E-state index contributed by atoms with van der Waals surface area (Å²) in [6.07, 6.45) is 0.970. The smallest absolute Gasteiger partial charge is 0.267 e. The second kappa shape index (κ2) is 6.17. The maximum atomic E-state index is 12.6. The largest absolute Gasteiger partial charge is 0.382 e. The van der Waals surface area contributed by atoms with E-state index in [2.05, 4.69) is 9.88 Å². The molecule has 3 rings (SSSR count). The van der Waals surface area contributed by atoms with Crippen molar-refractivity contribution in [3.05, 3.63) is 4.88 Å². The topological polar surface area (TPSA) is 97.7 Å². The van der Waals surface area contributed by atoms with Crippen molar-refractivity contribution in [1.29, 1.82) is 0 Å². The molecule has 1 aromatic heterocycles. The van der Waals surface area contributed by atoms with Gasteiger partial charge in [-0.25, -0.2) is 4.98 Å². The third-order valence-electron chi connectivity index (χ3n) is 4.02. The van der Waals surface area contributed by atoms with E-state index < -0.39 is 0 Å². The monoisotopic (exact) mass is 311 g/mol. The fourth-order valence-corrected chi connectivity index (χ4v) is 3.72. The van der Waals surface area contributed by atoms with Crippen LogP contribution in [0.5, 0.6) is 0 Å². The molecule has 0 bridgehead atoms. The Balaban J connectivity index is 1.73. The molecule has 8 heteroatoms. The van der Waals surface area contributed by atoms with Gasteiger partial charge in [0.2, 0.25) is 0 Å². The molecule has 2 saturated heterocycles. The molecule has 2 aliphatic rings. The molecule has 21 heavy (non-hydrogen) atoms. The molecule has 116 valence electrons. The molecule has 1 amide bonds. The van der Waals surface area contributed by atoms with E-state index in [1.54, 1.807) is 0 Å². The number of morpholine rings is 1. The number of hydrogen-bond acceptors (Lipinski definition) is 7. The van der Waals surface area contributed by atoms with Crippen molar-refractivity contribution >= 4 is 28.2 Å².